The summed E-state index contributed by atoms with van der Waals surface area (Å²) < 4.78 is 44.5. The zero-order valence-electron chi connectivity index (χ0n) is 6.25. The van der Waals surface area contributed by atoms with Crippen LogP contribution in [0.2, 0.25) is 0 Å². The van der Waals surface area contributed by atoms with Crippen molar-refractivity contribution >= 4 is 35.2 Å². The maximum atomic E-state index is 12.4. The Morgan fingerprint density at radius 2 is 1.92 bits per heavy atom. The number of benzene rings is 1. The first-order valence-electron chi connectivity index (χ1n) is 3.50. The Morgan fingerprint density at radius 3 is 2.62 bits per heavy atom. The van der Waals surface area contributed by atoms with Gasteiger partial charge in [-0.3, -0.25) is 0 Å². The molecule has 0 bridgehead atoms. The molecule has 2 rings (SSSR count). The Kier molecular flexibility index (Phi) is 1.76. The lowest BCUT2D eigenvalue weighted by molar-refractivity contribution is 0.501. The van der Waals surface area contributed by atoms with Crippen LogP contribution in [0.5, 0.6) is 0 Å². The van der Waals surface area contributed by atoms with Crippen molar-refractivity contribution in [3.63, 3.8) is 0 Å². The lowest BCUT2D eigenvalue weighted by atomic mass is 9.79. The fraction of sp³-hybridized carbons (Fsp3) is 0. The second kappa shape index (κ2) is 2.70. The molecular weight excluding hydrogens is 200 g/mol. The van der Waals surface area contributed by atoms with Gasteiger partial charge < -0.3 is 12.9 Å². The maximum Gasteiger partial charge on any atom is 0.511 e. The summed E-state index contributed by atoms with van der Waals surface area (Å²) >= 11 is 0.793. The second-order valence-corrected chi connectivity index (χ2v) is 3.08. The van der Waals surface area contributed by atoms with E-state index in [1.165, 1.54) is 12.1 Å². The third-order valence-electron chi connectivity index (χ3n) is 1.67. The van der Waals surface area contributed by atoms with Crippen molar-refractivity contribution in [2.45, 2.75) is 0 Å². The number of hydrogen-bond acceptors (Lipinski definition) is 3. The summed E-state index contributed by atoms with van der Waals surface area (Å²) in [6.45, 7) is -4.98. The van der Waals surface area contributed by atoms with Gasteiger partial charge in [-0.05, 0) is 6.07 Å². The van der Waals surface area contributed by atoms with Gasteiger partial charge in [0.05, 0.1) is 17.2 Å². The minimum Gasteiger partial charge on any atom is -0.445 e. The molecule has 0 radical (unpaired) electrons. The largest absolute Gasteiger partial charge is 0.511 e. The van der Waals surface area contributed by atoms with Crippen LogP contribution < -0.4 is 5.46 Å². The van der Waals surface area contributed by atoms with Gasteiger partial charge in [0.15, 0.2) is 0 Å². The maximum absolute atomic E-state index is 12.4. The quantitative estimate of drug-likeness (QED) is 0.659. The lowest BCUT2D eigenvalue weighted by Gasteiger charge is -2.14. The van der Waals surface area contributed by atoms with Gasteiger partial charge in [-0.25, -0.2) is 0 Å². The van der Waals surface area contributed by atoms with E-state index in [9.17, 15) is 12.9 Å². The van der Waals surface area contributed by atoms with Crippen molar-refractivity contribution < 1.29 is 12.9 Å². The number of aromatic nitrogens is 2. The minimum atomic E-state index is -4.98. The van der Waals surface area contributed by atoms with Crippen LogP contribution in [0.4, 0.5) is 12.9 Å². The van der Waals surface area contributed by atoms with Gasteiger partial charge in [0.2, 0.25) is 0 Å². The lowest BCUT2D eigenvalue weighted by Crippen LogP contribution is -2.34. The Balaban J connectivity index is 2.75. The zero-order chi connectivity index (χ0) is 9.47. The van der Waals surface area contributed by atoms with Gasteiger partial charge in [-0.2, -0.15) is 8.75 Å². The van der Waals surface area contributed by atoms with E-state index in [0.29, 0.717) is 5.52 Å². The summed E-state index contributed by atoms with van der Waals surface area (Å²) in [6, 6.07) is 3.89. The SMILES string of the molecule is F[B-](F)(F)c1cccc2nsnc12. The van der Waals surface area contributed by atoms with Crippen LogP contribution in [0.15, 0.2) is 18.2 Å². The number of rotatable bonds is 1. The first kappa shape index (κ1) is 8.49. The van der Waals surface area contributed by atoms with Crippen LogP contribution in [-0.2, 0) is 0 Å². The molecule has 0 saturated heterocycles. The standard InChI is InChI=1S/C6H3BF3N2S/c8-7(9,10)4-2-1-3-5-6(4)12-13-11-5/h1-3H/q-1. The average molecular weight is 203 g/mol. The molecule has 1 aromatic heterocycles. The summed E-state index contributed by atoms with van der Waals surface area (Å²) in [5, 5.41) is 0. The van der Waals surface area contributed by atoms with Crippen LogP contribution >= 0.6 is 11.7 Å². The molecule has 0 fully saturated rings. The van der Waals surface area contributed by atoms with E-state index in [4.69, 9.17) is 0 Å². The molecular formula is C6H3BF3N2S-. The molecule has 0 saturated carbocycles. The molecule has 7 heteroatoms. The zero-order valence-corrected chi connectivity index (χ0v) is 7.06. The molecule has 0 aliphatic carbocycles. The highest BCUT2D eigenvalue weighted by Gasteiger charge is 2.28. The summed E-state index contributed by atoms with van der Waals surface area (Å²) in [5.41, 5.74) is -0.395. The van der Waals surface area contributed by atoms with E-state index in [1.54, 1.807) is 0 Å². The van der Waals surface area contributed by atoms with E-state index in [1.807, 2.05) is 0 Å². The summed E-state index contributed by atoms with van der Waals surface area (Å²) in [6.07, 6.45) is 0. The first-order valence-corrected chi connectivity index (χ1v) is 4.23. The van der Waals surface area contributed by atoms with E-state index >= 15 is 0 Å². The molecule has 68 valence electrons. The first-order chi connectivity index (χ1) is 6.09. The summed E-state index contributed by atoms with van der Waals surface area (Å²) in [7, 11) is 0. The fourth-order valence-corrected chi connectivity index (χ4v) is 1.65. The molecule has 0 amide bonds. The molecule has 1 heterocycles. The van der Waals surface area contributed by atoms with Gasteiger partial charge in [0.1, 0.15) is 5.52 Å². The molecule has 13 heavy (non-hydrogen) atoms. The topological polar surface area (TPSA) is 25.8 Å². The van der Waals surface area contributed by atoms with E-state index in [2.05, 4.69) is 8.75 Å². The predicted octanol–water partition coefficient (Wildman–Crippen LogP) is 1.75. The number of halogens is 3. The predicted molar refractivity (Wildman–Crippen MR) is 46.1 cm³/mol. The highest BCUT2D eigenvalue weighted by Crippen LogP contribution is 2.16. The molecule has 2 aromatic rings. The molecule has 1 aromatic carbocycles. The highest BCUT2D eigenvalue weighted by atomic mass is 32.1. The Bertz CT molecular complexity index is 439. The third-order valence-corrected chi connectivity index (χ3v) is 2.21. The van der Waals surface area contributed by atoms with Crippen LogP contribution in [0.25, 0.3) is 11.0 Å². The van der Waals surface area contributed by atoms with Gasteiger partial charge in [-0.15, -0.1) is 0 Å². The van der Waals surface area contributed by atoms with E-state index in [0.717, 1.165) is 17.8 Å². The monoisotopic (exact) mass is 203 g/mol. The Labute approximate surface area is 75.8 Å². The van der Waals surface area contributed by atoms with E-state index in [-0.39, 0.29) is 5.52 Å². The molecule has 0 atom stereocenters. The van der Waals surface area contributed by atoms with Crippen LogP contribution in [0.1, 0.15) is 0 Å². The summed E-state index contributed by atoms with van der Waals surface area (Å²) in [4.78, 5) is 0. The Morgan fingerprint density at radius 1 is 1.15 bits per heavy atom. The van der Waals surface area contributed by atoms with E-state index < -0.39 is 12.4 Å². The number of hydrogen-bond donors (Lipinski definition) is 0. The van der Waals surface area contributed by atoms with Gasteiger partial charge in [-0.1, -0.05) is 17.6 Å². The average Bonchev–Trinajstić information content (AvgIpc) is 2.48. The van der Waals surface area contributed by atoms with Gasteiger partial charge >= 0.3 is 6.98 Å². The molecule has 0 aliphatic rings. The van der Waals surface area contributed by atoms with Crippen molar-refractivity contribution in [1.82, 2.24) is 8.75 Å². The fourth-order valence-electron chi connectivity index (χ4n) is 1.09. The van der Waals surface area contributed by atoms with Crippen molar-refractivity contribution in [2.75, 3.05) is 0 Å². The van der Waals surface area contributed by atoms with Gasteiger partial charge in [0, 0.05) is 0 Å². The Hall–Kier alpha value is -1.11. The van der Waals surface area contributed by atoms with Gasteiger partial charge in [0.25, 0.3) is 0 Å². The van der Waals surface area contributed by atoms with Crippen molar-refractivity contribution in [1.29, 1.82) is 0 Å². The van der Waals surface area contributed by atoms with Crippen LogP contribution in [-0.4, -0.2) is 15.7 Å². The van der Waals surface area contributed by atoms with Crippen molar-refractivity contribution in [2.24, 2.45) is 0 Å². The molecule has 0 unspecified atom stereocenters. The summed E-state index contributed by atoms with van der Waals surface area (Å²) in [5.74, 6) is 0. The molecule has 0 spiro atoms. The number of fused-ring (bicyclic) bond motifs is 1. The molecule has 0 N–H and O–H groups in total. The molecule has 0 aliphatic heterocycles. The smallest absolute Gasteiger partial charge is 0.445 e. The van der Waals surface area contributed by atoms with Crippen LogP contribution in [0.3, 0.4) is 0 Å². The van der Waals surface area contributed by atoms with Crippen LogP contribution in [0, 0.1) is 0 Å². The minimum absolute atomic E-state index is 0.0417. The highest BCUT2D eigenvalue weighted by molar-refractivity contribution is 7.00. The van der Waals surface area contributed by atoms with Crippen molar-refractivity contribution in [3.8, 4) is 0 Å². The second-order valence-electron chi connectivity index (χ2n) is 2.55. The third kappa shape index (κ3) is 1.39. The molecule has 2 nitrogen and oxygen atoms in total. The van der Waals surface area contributed by atoms with Crippen molar-refractivity contribution in [3.05, 3.63) is 18.2 Å². The number of nitrogens with zero attached hydrogens (tertiary/aromatic N) is 2. The normalized spacial score (nSPS) is 12.2.